The van der Waals surface area contributed by atoms with Gasteiger partial charge in [-0.1, -0.05) is 27.5 Å². The molecule has 0 bridgehead atoms. The van der Waals surface area contributed by atoms with Crippen molar-refractivity contribution in [2.45, 2.75) is 0 Å². The van der Waals surface area contributed by atoms with Crippen LogP contribution in [0.2, 0.25) is 5.02 Å². The number of hydrogen-bond acceptors (Lipinski definition) is 4. The predicted molar refractivity (Wildman–Crippen MR) is 103 cm³/mol. The molecule has 0 aliphatic carbocycles. The van der Waals surface area contributed by atoms with E-state index < -0.39 is 0 Å². The standard InChI is InChI=1S/C17H12BrClN2O2S/c1-23-14-7-2-11(18)8-10(14)9-15-16(22)21-17(24-15)20-13-5-3-12(19)4-6-13/h2-9H,1H3,(H,20,21,22)/b15-9+. The maximum atomic E-state index is 12.2. The Morgan fingerprint density at radius 2 is 2.00 bits per heavy atom. The fourth-order valence-electron chi connectivity index (χ4n) is 2.07. The van der Waals surface area contributed by atoms with Crippen LogP contribution in [0.3, 0.4) is 0 Å². The summed E-state index contributed by atoms with van der Waals surface area (Å²) >= 11 is 10.6. The summed E-state index contributed by atoms with van der Waals surface area (Å²) in [6.07, 6.45) is 1.79. The van der Waals surface area contributed by atoms with E-state index in [-0.39, 0.29) is 5.91 Å². The summed E-state index contributed by atoms with van der Waals surface area (Å²) in [5.74, 6) is 0.511. The molecule has 4 nitrogen and oxygen atoms in total. The van der Waals surface area contributed by atoms with Gasteiger partial charge in [-0.15, -0.1) is 0 Å². The summed E-state index contributed by atoms with van der Waals surface area (Å²) in [4.78, 5) is 17.1. The lowest BCUT2D eigenvalue weighted by atomic mass is 10.2. The zero-order chi connectivity index (χ0) is 17.1. The quantitative estimate of drug-likeness (QED) is 0.707. The van der Waals surface area contributed by atoms with E-state index in [4.69, 9.17) is 16.3 Å². The first kappa shape index (κ1) is 17.1. The second-order valence-electron chi connectivity index (χ2n) is 4.84. The lowest BCUT2D eigenvalue weighted by Crippen LogP contribution is -2.19. The molecule has 0 spiro atoms. The number of nitrogens with zero attached hydrogens (tertiary/aromatic N) is 1. The fourth-order valence-corrected chi connectivity index (χ4v) is 3.41. The number of hydrogen-bond donors (Lipinski definition) is 1. The van der Waals surface area contributed by atoms with E-state index in [0.29, 0.717) is 20.8 Å². The number of amides is 1. The van der Waals surface area contributed by atoms with E-state index in [1.54, 1.807) is 37.5 Å². The van der Waals surface area contributed by atoms with Gasteiger partial charge in [0.25, 0.3) is 5.91 Å². The van der Waals surface area contributed by atoms with Crippen molar-refractivity contribution in [3.63, 3.8) is 0 Å². The minimum absolute atomic E-state index is 0.185. The average Bonchev–Trinajstić information content (AvgIpc) is 2.89. The number of methoxy groups -OCH3 is 1. The molecule has 1 saturated heterocycles. The number of amidine groups is 1. The smallest absolute Gasteiger partial charge is 0.264 e. The van der Waals surface area contributed by atoms with Crippen molar-refractivity contribution in [2.24, 2.45) is 4.99 Å². The lowest BCUT2D eigenvalue weighted by molar-refractivity contribution is -0.115. The Bertz CT molecular complexity index is 850. The molecule has 122 valence electrons. The summed E-state index contributed by atoms with van der Waals surface area (Å²) in [7, 11) is 1.60. The van der Waals surface area contributed by atoms with Gasteiger partial charge in [-0.25, -0.2) is 4.99 Å². The Hall–Kier alpha value is -1.76. The van der Waals surface area contributed by atoms with Crippen LogP contribution >= 0.6 is 39.3 Å². The zero-order valence-corrected chi connectivity index (χ0v) is 15.7. The van der Waals surface area contributed by atoms with E-state index >= 15 is 0 Å². The van der Waals surface area contributed by atoms with Gasteiger partial charge in [-0.05, 0) is 60.3 Å². The van der Waals surface area contributed by atoms with Gasteiger partial charge in [0.15, 0.2) is 5.17 Å². The van der Waals surface area contributed by atoms with Crippen molar-refractivity contribution < 1.29 is 9.53 Å². The molecule has 7 heteroatoms. The van der Waals surface area contributed by atoms with E-state index in [0.717, 1.165) is 15.7 Å². The molecule has 0 unspecified atom stereocenters. The molecule has 1 fully saturated rings. The number of ether oxygens (including phenoxy) is 1. The molecule has 1 heterocycles. The third-order valence-corrected chi connectivity index (χ3v) is 4.84. The van der Waals surface area contributed by atoms with Gasteiger partial charge < -0.3 is 10.1 Å². The molecule has 1 amide bonds. The minimum atomic E-state index is -0.185. The number of carbonyl (C=O) groups excluding carboxylic acids is 1. The molecule has 1 N–H and O–H groups in total. The van der Waals surface area contributed by atoms with Crippen LogP contribution in [-0.4, -0.2) is 18.2 Å². The molecule has 0 atom stereocenters. The molecule has 0 radical (unpaired) electrons. The van der Waals surface area contributed by atoms with Crippen LogP contribution in [0.1, 0.15) is 5.56 Å². The summed E-state index contributed by atoms with van der Waals surface area (Å²) < 4.78 is 6.24. The van der Waals surface area contributed by atoms with Crippen LogP contribution in [0.25, 0.3) is 6.08 Å². The highest BCUT2D eigenvalue weighted by Gasteiger charge is 2.24. The zero-order valence-electron chi connectivity index (χ0n) is 12.5. The summed E-state index contributed by atoms with van der Waals surface area (Å²) in [5, 5.41) is 3.93. The summed E-state index contributed by atoms with van der Waals surface area (Å²) in [6.45, 7) is 0. The average molecular weight is 424 g/mol. The molecule has 24 heavy (non-hydrogen) atoms. The number of benzene rings is 2. The van der Waals surface area contributed by atoms with Crippen LogP contribution in [0.5, 0.6) is 5.75 Å². The highest BCUT2D eigenvalue weighted by atomic mass is 79.9. The topological polar surface area (TPSA) is 50.7 Å². The second kappa shape index (κ2) is 7.42. The summed E-state index contributed by atoms with van der Waals surface area (Å²) in [5.41, 5.74) is 1.54. The second-order valence-corrected chi connectivity index (χ2v) is 7.23. The van der Waals surface area contributed by atoms with Crippen molar-refractivity contribution >= 4 is 62.1 Å². The minimum Gasteiger partial charge on any atom is -0.496 e. The highest BCUT2D eigenvalue weighted by Crippen LogP contribution is 2.32. The molecule has 0 saturated carbocycles. The number of rotatable bonds is 3. The molecule has 1 aliphatic rings. The number of halogens is 2. The monoisotopic (exact) mass is 422 g/mol. The number of carbonyl (C=O) groups is 1. The van der Waals surface area contributed by atoms with Gasteiger partial charge in [0.05, 0.1) is 17.7 Å². The predicted octanol–water partition coefficient (Wildman–Crippen LogP) is 5.00. The van der Waals surface area contributed by atoms with Crippen molar-refractivity contribution in [3.8, 4) is 5.75 Å². The van der Waals surface area contributed by atoms with Crippen LogP contribution in [-0.2, 0) is 4.79 Å². The van der Waals surface area contributed by atoms with Crippen LogP contribution in [0.4, 0.5) is 5.69 Å². The van der Waals surface area contributed by atoms with Gasteiger partial charge in [-0.2, -0.15) is 0 Å². The lowest BCUT2D eigenvalue weighted by Gasteiger charge is -2.05. The number of nitrogens with one attached hydrogen (secondary N) is 1. The molecule has 1 aliphatic heterocycles. The van der Waals surface area contributed by atoms with E-state index in [1.165, 1.54) is 11.8 Å². The molecule has 2 aromatic rings. The number of aliphatic imine (C=N–C) groups is 1. The fraction of sp³-hybridized carbons (Fsp3) is 0.0588. The molecule has 2 aromatic carbocycles. The van der Waals surface area contributed by atoms with Gasteiger partial charge in [0.2, 0.25) is 0 Å². The van der Waals surface area contributed by atoms with Gasteiger partial charge >= 0.3 is 0 Å². The maximum absolute atomic E-state index is 12.2. The van der Waals surface area contributed by atoms with Crippen molar-refractivity contribution in [1.29, 1.82) is 0 Å². The number of thioether (sulfide) groups is 1. The Balaban J connectivity index is 1.87. The van der Waals surface area contributed by atoms with E-state index in [2.05, 4.69) is 26.2 Å². The Morgan fingerprint density at radius 1 is 1.25 bits per heavy atom. The van der Waals surface area contributed by atoms with Gasteiger partial charge in [0.1, 0.15) is 5.75 Å². The normalized spacial score (nSPS) is 17.4. The molecular formula is C17H12BrClN2O2S. The van der Waals surface area contributed by atoms with Crippen molar-refractivity contribution in [2.75, 3.05) is 7.11 Å². The third kappa shape index (κ3) is 4.01. The first-order valence-corrected chi connectivity index (χ1v) is 8.92. The van der Waals surface area contributed by atoms with Gasteiger partial charge in [-0.3, -0.25) is 4.79 Å². The largest absolute Gasteiger partial charge is 0.496 e. The van der Waals surface area contributed by atoms with Gasteiger partial charge in [0, 0.05) is 15.1 Å². The maximum Gasteiger partial charge on any atom is 0.264 e. The highest BCUT2D eigenvalue weighted by molar-refractivity contribution is 9.10. The Kier molecular flexibility index (Phi) is 5.28. The first-order valence-electron chi connectivity index (χ1n) is 6.94. The van der Waals surface area contributed by atoms with E-state index in [1.807, 2.05) is 18.2 Å². The summed E-state index contributed by atoms with van der Waals surface area (Å²) in [6, 6.07) is 12.7. The SMILES string of the molecule is COc1ccc(Br)cc1/C=C1/SC(=Nc2ccc(Cl)cc2)NC1=O. The first-order chi connectivity index (χ1) is 11.5. The third-order valence-electron chi connectivity index (χ3n) is 3.19. The Labute approximate surface area is 157 Å². The van der Waals surface area contributed by atoms with Crippen molar-refractivity contribution in [1.82, 2.24) is 5.32 Å². The molecule has 0 aromatic heterocycles. The van der Waals surface area contributed by atoms with E-state index in [9.17, 15) is 4.79 Å². The Morgan fingerprint density at radius 3 is 2.71 bits per heavy atom. The molecule has 3 rings (SSSR count). The van der Waals surface area contributed by atoms with Crippen LogP contribution in [0, 0.1) is 0 Å². The van der Waals surface area contributed by atoms with Crippen molar-refractivity contribution in [3.05, 3.63) is 62.4 Å². The van der Waals surface area contributed by atoms with Crippen LogP contribution < -0.4 is 10.1 Å². The van der Waals surface area contributed by atoms with Crippen LogP contribution in [0.15, 0.2) is 56.8 Å². The molecular weight excluding hydrogens is 412 g/mol.